The molecule has 7 heteroatoms. The standard InChI is InChI=1S/C20H26FN3O3/c1-20(2,21)15-10-16(12-22-11-15)24(3)13-18(25)17(23-19(26)27)9-14-7-5-4-6-8-14/h4-8,10-12,17-18,23,25H,9,13H2,1-3H3,(H,26,27)/t17-,18+/m0/s1. The number of amides is 1. The first-order valence-electron chi connectivity index (χ1n) is 8.74. The number of nitrogens with zero attached hydrogens (tertiary/aromatic N) is 2. The fourth-order valence-corrected chi connectivity index (χ4v) is 2.78. The highest BCUT2D eigenvalue weighted by Crippen LogP contribution is 2.26. The third-order valence-electron chi connectivity index (χ3n) is 4.38. The number of aliphatic hydroxyl groups is 1. The molecular weight excluding hydrogens is 349 g/mol. The van der Waals surface area contributed by atoms with Crippen molar-refractivity contribution in [3.05, 3.63) is 59.9 Å². The predicted molar refractivity (Wildman–Crippen MR) is 103 cm³/mol. The lowest BCUT2D eigenvalue weighted by atomic mass is 10.00. The van der Waals surface area contributed by atoms with Gasteiger partial charge in [-0.1, -0.05) is 30.3 Å². The molecule has 2 rings (SSSR count). The van der Waals surface area contributed by atoms with E-state index in [1.165, 1.54) is 20.0 Å². The topological polar surface area (TPSA) is 85.7 Å². The molecule has 2 atom stereocenters. The molecule has 0 aliphatic carbocycles. The van der Waals surface area contributed by atoms with Crippen molar-refractivity contribution in [2.45, 2.75) is 38.1 Å². The van der Waals surface area contributed by atoms with Gasteiger partial charge in [0.15, 0.2) is 0 Å². The Hall–Kier alpha value is -2.67. The summed E-state index contributed by atoms with van der Waals surface area (Å²) in [6.07, 6.45) is 1.25. The molecular formula is C20H26FN3O3. The molecule has 27 heavy (non-hydrogen) atoms. The lowest BCUT2D eigenvalue weighted by Crippen LogP contribution is -2.48. The Balaban J connectivity index is 2.11. The summed E-state index contributed by atoms with van der Waals surface area (Å²) in [6.45, 7) is 3.07. The molecule has 0 saturated heterocycles. The quantitative estimate of drug-likeness (QED) is 0.660. The highest BCUT2D eigenvalue weighted by Gasteiger charge is 2.24. The van der Waals surface area contributed by atoms with Gasteiger partial charge < -0.3 is 20.4 Å². The first-order chi connectivity index (χ1) is 12.7. The molecule has 0 saturated carbocycles. The van der Waals surface area contributed by atoms with Crippen LogP contribution >= 0.6 is 0 Å². The zero-order valence-corrected chi connectivity index (χ0v) is 15.8. The molecule has 6 nitrogen and oxygen atoms in total. The second-order valence-corrected chi connectivity index (χ2v) is 7.10. The summed E-state index contributed by atoms with van der Waals surface area (Å²) in [7, 11) is 1.75. The van der Waals surface area contributed by atoms with Crippen molar-refractivity contribution in [2.75, 3.05) is 18.5 Å². The number of rotatable bonds is 8. The monoisotopic (exact) mass is 375 g/mol. The van der Waals surface area contributed by atoms with E-state index in [1.807, 2.05) is 30.3 Å². The van der Waals surface area contributed by atoms with E-state index in [0.29, 0.717) is 17.7 Å². The second kappa shape index (κ2) is 8.81. The Morgan fingerprint density at radius 1 is 1.30 bits per heavy atom. The van der Waals surface area contributed by atoms with Crippen LogP contribution in [-0.2, 0) is 12.1 Å². The van der Waals surface area contributed by atoms with Crippen LogP contribution in [0.5, 0.6) is 0 Å². The van der Waals surface area contributed by atoms with E-state index in [2.05, 4.69) is 10.3 Å². The number of carboxylic acid groups (broad SMARTS) is 1. The Kier molecular flexibility index (Phi) is 6.74. The summed E-state index contributed by atoms with van der Waals surface area (Å²) < 4.78 is 14.2. The number of alkyl halides is 1. The molecule has 2 aromatic rings. The van der Waals surface area contributed by atoms with Crippen molar-refractivity contribution in [3.63, 3.8) is 0 Å². The molecule has 1 amide bonds. The summed E-state index contributed by atoms with van der Waals surface area (Å²) in [5.74, 6) is 0. The average Bonchev–Trinajstić information content (AvgIpc) is 2.61. The number of pyridine rings is 1. The number of carbonyl (C=O) groups is 1. The van der Waals surface area contributed by atoms with Crippen LogP contribution in [0, 0.1) is 0 Å². The number of hydrogen-bond donors (Lipinski definition) is 3. The third-order valence-corrected chi connectivity index (χ3v) is 4.38. The molecule has 0 unspecified atom stereocenters. The fourth-order valence-electron chi connectivity index (χ4n) is 2.78. The van der Waals surface area contributed by atoms with Gasteiger partial charge in [0.1, 0.15) is 5.67 Å². The summed E-state index contributed by atoms with van der Waals surface area (Å²) in [5, 5.41) is 22.1. The van der Waals surface area contributed by atoms with Gasteiger partial charge in [-0.15, -0.1) is 0 Å². The van der Waals surface area contributed by atoms with Gasteiger partial charge in [0.05, 0.1) is 24.0 Å². The van der Waals surface area contributed by atoms with Crippen LogP contribution < -0.4 is 10.2 Å². The van der Waals surface area contributed by atoms with Gasteiger partial charge in [0.25, 0.3) is 0 Å². The highest BCUT2D eigenvalue weighted by molar-refractivity contribution is 5.65. The van der Waals surface area contributed by atoms with Crippen LogP contribution in [0.25, 0.3) is 0 Å². The normalized spacial score (nSPS) is 13.7. The van der Waals surface area contributed by atoms with E-state index in [4.69, 9.17) is 5.11 Å². The molecule has 1 aromatic heterocycles. The molecule has 0 aliphatic heterocycles. The first-order valence-corrected chi connectivity index (χ1v) is 8.74. The lowest BCUT2D eigenvalue weighted by molar-refractivity contribution is 0.124. The van der Waals surface area contributed by atoms with Crippen LogP contribution in [0.2, 0.25) is 0 Å². The molecule has 1 heterocycles. The van der Waals surface area contributed by atoms with Crippen molar-refractivity contribution >= 4 is 11.8 Å². The van der Waals surface area contributed by atoms with E-state index in [9.17, 15) is 14.3 Å². The Morgan fingerprint density at radius 3 is 2.56 bits per heavy atom. The predicted octanol–water partition coefficient (Wildman–Crippen LogP) is 2.96. The largest absolute Gasteiger partial charge is 0.465 e. The minimum absolute atomic E-state index is 0.162. The fraction of sp³-hybridized carbons (Fsp3) is 0.400. The SMILES string of the molecule is CN(C[C@@H](O)[C@H](Cc1ccccc1)NC(=O)O)c1cncc(C(C)(C)F)c1. The van der Waals surface area contributed by atoms with Gasteiger partial charge in [-0.05, 0) is 31.9 Å². The number of nitrogens with one attached hydrogen (secondary N) is 1. The number of halogens is 1. The van der Waals surface area contributed by atoms with Crippen molar-refractivity contribution in [1.82, 2.24) is 10.3 Å². The number of anilines is 1. The number of hydrogen-bond acceptors (Lipinski definition) is 4. The summed E-state index contributed by atoms with van der Waals surface area (Å²) in [5.41, 5.74) is 0.473. The van der Waals surface area contributed by atoms with E-state index in [0.717, 1.165) is 5.56 Å². The second-order valence-electron chi connectivity index (χ2n) is 7.10. The summed E-state index contributed by atoms with van der Waals surface area (Å²) >= 11 is 0. The molecule has 0 bridgehead atoms. The maximum Gasteiger partial charge on any atom is 0.404 e. The van der Waals surface area contributed by atoms with Crippen LogP contribution in [0.1, 0.15) is 25.0 Å². The van der Waals surface area contributed by atoms with Crippen LogP contribution in [0.4, 0.5) is 14.9 Å². The van der Waals surface area contributed by atoms with Gasteiger partial charge in [-0.3, -0.25) is 4.98 Å². The van der Waals surface area contributed by atoms with Gasteiger partial charge in [-0.25, -0.2) is 9.18 Å². The van der Waals surface area contributed by atoms with Gasteiger partial charge in [0.2, 0.25) is 0 Å². The molecule has 146 valence electrons. The first kappa shape index (κ1) is 20.6. The number of benzene rings is 1. The highest BCUT2D eigenvalue weighted by atomic mass is 19.1. The van der Waals surface area contributed by atoms with Gasteiger partial charge >= 0.3 is 6.09 Å². The van der Waals surface area contributed by atoms with Crippen LogP contribution in [0.15, 0.2) is 48.8 Å². The Labute approximate surface area is 158 Å². The van der Waals surface area contributed by atoms with E-state index in [1.54, 1.807) is 24.2 Å². The molecule has 0 radical (unpaired) electrons. The molecule has 3 N–H and O–H groups in total. The van der Waals surface area contributed by atoms with Crippen molar-refractivity contribution in [1.29, 1.82) is 0 Å². The molecule has 1 aromatic carbocycles. The minimum Gasteiger partial charge on any atom is -0.465 e. The average molecular weight is 375 g/mol. The molecule has 0 aliphatic rings. The van der Waals surface area contributed by atoms with Crippen LogP contribution in [0.3, 0.4) is 0 Å². The maximum absolute atomic E-state index is 14.2. The Bertz CT molecular complexity index is 750. The Morgan fingerprint density at radius 2 is 1.96 bits per heavy atom. The van der Waals surface area contributed by atoms with Crippen molar-refractivity contribution < 1.29 is 19.4 Å². The van der Waals surface area contributed by atoms with E-state index < -0.39 is 23.9 Å². The number of aliphatic hydroxyl groups excluding tert-OH is 1. The third kappa shape index (κ3) is 6.21. The van der Waals surface area contributed by atoms with Gasteiger partial charge in [0, 0.05) is 25.4 Å². The van der Waals surface area contributed by atoms with E-state index >= 15 is 0 Å². The number of aromatic nitrogens is 1. The van der Waals surface area contributed by atoms with Crippen molar-refractivity contribution in [3.8, 4) is 0 Å². The van der Waals surface area contributed by atoms with E-state index in [-0.39, 0.29) is 6.54 Å². The summed E-state index contributed by atoms with van der Waals surface area (Å²) in [4.78, 5) is 16.9. The zero-order valence-electron chi connectivity index (χ0n) is 15.8. The zero-order chi connectivity index (χ0) is 20.0. The lowest BCUT2D eigenvalue weighted by Gasteiger charge is -2.29. The van der Waals surface area contributed by atoms with Gasteiger partial charge in [-0.2, -0.15) is 0 Å². The van der Waals surface area contributed by atoms with Crippen LogP contribution in [-0.4, -0.2) is 47.0 Å². The number of likely N-dealkylation sites (N-methyl/N-ethyl adjacent to an activating group) is 1. The maximum atomic E-state index is 14.2. The molecule has 0 fully saturated rings. The summed E-state index contributed by atoms with van der Waals surface area (Å²) in [6, 6.07) is 10.4. The molecule has 0 spiro atoms. The smallest absolute Gasteiger partial charge is 0.404 e. The van der Waals surface area contributed by atoms with Crippen molar-refractivity contribution in [2.24, 2.45) is 0 Å². The minimum atomic E-state index is -1.52.